The maximum atomic E-state index is 9.49. The zero-order chi connectivity index (χ0) is 14.0. The zero-order valence-corrected chi connectivity index (χ0v) is 11.7. The second-order valence-electron chi connectivity index (χ2n) is 5.03. The summed E-state index contributed by atoms with van der Waals surface area (Å²) in [6.07, 6.45) is 1.60. The van der Waals surface area contributed by atoms with Crippen molar-refractivity contribution in [2.45, 2.75) is 26.3 Å². The molecule has 104 valence electrons. The van der Waals surface area contributed by atoms with E-state index >= 15 is 0 Å². The van der Waals surface area contributed by atoms with Crippen molar-refractivity contribution >= 4 is 22.9 Å². The van der Waals surface area contributed by atoms with Crippen molar-refractivity contribution in [3.63, 3.8) is 0 Å². The SMILES string of the molecule is CCNc1nc(N(C)C(C)(C)CO)c2[nH]cnc2n1. The van der Waals surface area contributed by atoms with Crippen LogP contribution < -0.4 is 10.2 Å². The van der Waals surface area contributed by atoms with Gasteiger partial charge in [0.2, 0.25) is 5.95 Å². The Balaban J connectivity index is 2.54. The predicted molar refractivity (Wildman–Crippen MR) is 75.4 cm³/mol. The van der Waals surface area contributed by atoms with E-state index in [1.807, 2.05) is 32.7 Å². The number of nitrogens with zero attached hydrogens (tertiary/aromatic N) is 4. The highest BCUT2D eigenvalue weighted by Gasteiger charge is 2.26. The molecule has 0 fully saturated rings. The topological polar surface area (TPSA) is 90.0 Å². The molecule has 0 saturated carbocycles. The number of anilines is 2. The lowest BCUT2D eigenvalue weighted by atomic mass is 10.1. The number of fused-ring (bicyclic) bond motifs is 1. The highest BCUT2D eigenvalue weighted by Crippen LogP contribution is 2.26. The van der Waals surface area contributed by atoms with Crippen LogP contribution in [0.5, 0.6) is 0 Å². The first-order chi connectivity index (χ1) is 8.99. The lowest BCUT2D eigenvalue weighted by molar-refractivity contribution is 0.216. The molecule has 0 aromatic carbocycles. The minimum absolute atomic E-state index is 0.0275. The molecule has 0 radical (unpaired) electrons. The molecule has 19 heavy (non-hydrogen) atoms. The molecule has 0 bridgehead atoms. The number of imidazole rings is 1. The van der Waals surface area contributed by atoms with E-state index in [1.165, 1.54) is 0 Å². The molecule has 0 aliphatic carbocycles. The van der Waals surface area contributed by atoms with E-state index in [4.69, 9.17) is 0 Å². The predicted octanol–water partition coefficient (Wildman–Crippen LogP) is 0.992. The molecule has 2 aromatic heterocycles. The molecule has 0 amide bonds. The van der Waals surface area contributed by atoms with Gasteiger partial charge in [0.15, 0.2) is 11.5 Å². The Kier molecular flexibility index (Phi) is 3.57. The summed E-state index contributed by atoms with van der Waals surface area (Å²) < 4.78 is 0. The van der Waals surface area contributed by atoms with Crippen molar-refractivity contribution in [2.75, 3.05) is 30.4 Å². The Bertz CT molecular complexity index is 564. The Labute approximate surface area is 112 Å². The second-order valence-corrected chi connectivity index (χ2v) is 5.03. The third-order valence-corrected chi connectivity index (χ3v) is 3.21. The first-order valence-electron chi connectivity index (χ1n) is 6.29. The summed E-state index contributed by atoms with van der Waals surface area (Å²) >= 11 is 0. The normalized spacial score (nSPS) is 11.8. The van der Waals surface area contributed by atoms with Crippen LogP contribution >= 0.6 is 0 Å². The van der Waals surface area contributed by atoms with Crippen LogP contribution in [0.1, 0.15) is 20.8 Å². The average molecular weight is 264 g/mol. The Hall–Kier alpha value is -1.89. The van der Waals surface area contributed by atoms with Gasteiger partial charge in [0, 0.05) is 13.6 Å². The van der Waals surface area contributed by atoms with Crippen LogP contribution in [0.25, 0.3) is 11.2 Å². The lowest BCUT2D eigenvalue weighted by Crippen LogP contribution is -2.45. The summed E-state index contributed by atoms with van der Waals surface area (Å²) in [5.41, 5.74) is 0.961. The van der Waals surface area contributed by atoms with E-state index in [-0.39, 0.29) is 6.61 Å². The number of hydrogen-bond donors (Lipinski definition) is 3. The first kappa shape index (κ1) is 13.5. The van der Waals surface area contributed by atoms with Gasteiger partial charge in [0.1, 0.15) is 5.52 Å². The van der Waals surface area contributed by atoms with E-state index in [2.05, 4.69) is 25.3 Å². The van der Waals surface area contributed by atoms with Gasteiger partial charge in [-0.25, -0.2) is 4.98 Å². The number of nitrogens with one attached hydrogen (secondary N) is 2. The van der Waals surface area contributed by atoms with E-state index in [1.54, 1.807) is 6.33 Å². The molecule has 3 N–H and O–H groups in total. The summed E-state index contributed by atoms with van der Waals surface area (Å²) in [4.78, 5) is 18.0. The van der Waals surface area contributed by atoms with E-state index in [0.29, 0.717) is 11.6 Å². The van der Waals surface area contributed by atoms with Gasteiger partial charge in [-0.05, 0) is 20.8 Å². The average Bonchev–Trinajstić information content (AvgIpc) is 2.85. The van der Waals surface area contributed by atoms with Crippen molar-refractivity contribution < 1.29 is 5.11 Å². The molecule has 2 aromatic rings. The van der Waals surface area contributed by atoms with Crippen LogP contribution in [0.15, 0.2) is 6.33 Å². The lowest BCUT2D eigenvalue weighted by Gasteiger charge is -2.35. The molecule has 7 nitrogen and oxygen atoms in total. The maximum absolute atomic E-state index is 9.49. The van der Waals surface area contributed by atoms with Gasteiger partial charge in [0.25, 0.3) is 0 Å². The van der Waals surface area contributed by atoms with Gasteiger partial charge in [-0.3, -0.25) is 0 Å². The molecule has 0 atom stereocenters. The molecule has 2 heterocycles. The van der Waals surface area contributed by atoms with Crippen LogP contribution in [0.2, 0.25) is 0 Å². The number of aliphatic hydroxyl groups is 1. The molecule has 0 aliphatic rings. The van der Waals surface area contributed by atoms with Gasteiger partial charge in [-0.15, -0.1) is 0 Å². The van der Waals surface area contributed by atoms with Gasteiger partial charge in [-0.1, -0.05) is 0 Å². The van der Waals surface area contributed by atoms with Gasteiger partial charge >= 0.3 is 0 Å². The van der Waals surface area contributed by atoms with Crippen molar-refractivity contribution in [1.29, 1.82) is 0 Å². The molecular formula is C12H20N6O. The Morgan fingerprint density at radius 3 is 2.79 bits per heavy atom. The maximum Gasteiger partial charge on any atom is 0.226 e. The van der Waals surface area contributed by atoms with Crippen molar-refractivity contribution in [3.8, 4) is 0 Å². The molecule has 0 aliphatic heterocycles. The number of H-pyrrole nitrogens is 1. The van der Waals surface area contributed by atoms with E-state index < -0.39 is 5.54 Å². The van der Waals surface area contributed by atoms with Gasteiger partial charge in [-0.2, -0.15) is 9.97 Å². The van der Waals surface area contributed by atoms with Crippen LogP contribution in [0.4, 0.5) is 11.8 Å². The highest BCUT2D eigenvalue weighted by atomic mass is 16.3. The van der Waals surface area contributed by atoms with Gasteiger partial charge < -0.3 is 20.3 Å². The Morgan fingerprint density at radius 2 is 2.16 bits per heavy atom. The van der Waals surface area contributed by atoms with E-state index in [0.717, 1.165) is 17.9 Å². The fourth-order valence-corrected chi connectivity index (χ4v) is 1.69. The molecule has 2 rings (SSSR count). The third kappa shape index (κ3) is 2.46. The summed E-state index contributed by atoms with van der Waals surface area (Å²) in [6, 6.07) is 0. The standard InChI is InChI=1S/C12H20N6O/c1-5-13-11-16-9-8(14-7-15-9)10(17-11)18(4)12(2,3)6-19/h7,19H,5-6H2,1-4H3,(H2,13,14,15,16,17). The molecule has 0 unspecified atom stereocenters. The molecule has 0 spiro atoms. The van der Waals surface area contributed by atoms with Crippen molar-refractivity contribution in [2.24, 2.45) is 0 Å². The summed E-state index contributed by atoms with van der Waals surface area (Å²) in [5.74, 6) is 1.26. The number of hydrogen-bond acceptors (Lipinski definition) is 6. The number of aromatic nitrogens is 4. The first-order valence-corrected chi connectivity index (χ1v) is 6.29. The molecular weight excluding hydrogens is 244 g/mol. The quantitative estimate of drug-likeness (QED) is 0.746. The monoisotopic (exact) mass is 264 g/mol. The zero-order valence-electron chi connectivity index (χ0n) is 11.7. The fourth-order valence-electron chi connectivity index (χ4n) is 1.69. The van der Waals surface area contributed by atoms with Gasteiger partial charge in [0.05, 0.1) is 18.5 Å². The van der Waals surface area contributed by atoms with Crippen LogP contribution in [0, 0.1) is 0 Å². The third-order valence-electron chi connectivity index (χ3n) is 3.21. The molecule has 7 heteroatoms. The minimum atomic E-state index is -0.421. The number of rotatable bonds is 5. The Morgan fingerprint density at radius 1 is 1.42 bits per heavy atom. The second kappa shape index (κ2) is 5.00. The number of likely N-dealkylation sites (N-methyl/N-ethyl adjacent to an activating group) is 1. The highest BCUT2D eigenvalue weighted by molar-refractivity contribution is 5.84. The summed E-state index contributed by atoms with van der Waals surface area (Å²) in [5, 5.41) is 12.6. The van der Waals surface area contributed by atoms with Crippen molar-refractivity contribution in [1.82, 2.24) is 19.9 Å². The van der Waals surface area contributed by atoms with E-state index in [9.17, 15) is 5.11 Å². The van der Waals surface area contributed by atoms with Crippen LogP contribution in [0.3, 0.4) is 0 Å². The smallest absolute Gasteiger partial charge is 0.226 e. The summed E-state index contributed by atoms with van der Waals surface area (Å²) in [6.45, 7) is 6.65. The molecule has 0 saturated heterocycles. The summed E-state index contributed by atoms with van der Waals surface area (Å²) in [7, 11) is 1.90. The van der Waals surface area contributed by atoms with Crippen molar-refractivity contribution in [3.05, 3.63) is 6.33 Å². The minimum Gasteiger partial charge on any atom is -0.394 e. The number of aliphatic hydroxyl groups excluding tert-OH is 1. The number of aromatic amines is 1. The van der Waals surface area contributed by atoms with Crippen LogP contribution in [-0.4, -0.2) is 50.8 Å². The fraction of sp³-hybridized carbons (Fsp3) is 0.583. The van der Waals surface area contributed by atoms with Crippen LogP contribution in [-0.2, 0) is 0 Å². The largest absolute Gasteiger partial charge is 0.394 e.